The summed E-state index contributed by atoms with van der Waals surface area (Å²) in [7, 11) is 0. The summed E-state index contributed by atoms with van der Waals surface area (Å²) in [5, 5.41) is 2.88. The molecule has 0 N–H and O–H groups in total. The second-order valence-electron chi connectivity index (χ2n) is 7.08. The number of carbonyl (C=O) groups is 2. The minimum atomic E-state index is -0.368. The first-order valence-electron chi connectivity index (χ1n) is 9.43. The summed E-state index contributed by atoms with van der Waals surface area (Å²) in [4.78, 5) is 31.6. The quantitative estimate of drug-likeness (QED) is 0.447. The zero-order valence-corrected chi connectivity index (χ0v) is 18.1. The number of aromatic nitrogens is 1. The van der Waals surface area contributed by atoms with Gasteiger partial charge in [0.1, 0.15) is 16.5 Å². The van der Waals surface area contributed by atoms with Gasteiger partial charge in [0, 0.05) is 35.5 Å². The molecule has 0 saturated carbocycles. The third-order valence-corrected chi connectivity index (χ3v) is 6.80. The molecular weight excluding hydrogens is 446 g/mol. The van der Waals surface area contributed by atoms with Crippen molar-refractivity contribution in [3.8, 4) is 10.6 Å². The van der Waals surface area contributed by atoms with E-state index in [1.54, 1.807) is 46.7 Å². The van der Waals surface area contributed by atoms with Crippen molar-refractivity contribution in [2.45, 2.75) is 12.8 Å². The first-order valence-corrected chi connectivity index (χ1v) is 11.1. The molecule has 0 aliphatic carbocycles. The van der Waals surface area contributed by atoms with E-state index in [2.05, 4.69) is 4.98 Å². The summed E-state index contributed by atoms with van der Waals surface area (Å²) in [5.74, 6) is -0.728. The van der Waals surface area contributed by atoms with Gasteiger partial charge in [0.2, 0.25) is 0 Å². The topological polar surface area (TPSA) is 50.3 Å². The number of amides is 1. The molecule has 1 aromatic heterocycles. The third-order valence-electron chi connectivity index (χ3n) is 5.18. The van der Waals surface area contributed by atoms with Gasteiger partial charge in [-0.1, -0.05) is 35.3 Å². The summed E-state index contributed by atoms with van der Waals surface area (Å²) in [6, 6.07) is 11.2. The van der Waals surface area contributed by atoms with E-state index in [-0.39, 0.29) is 23.4 Å². The van der Waals surface area contributed by atoms with Crippen molar-refractivity contribution in [2.75, 3.05) is 13.1 Å². The van der Waals surface area contributed by atoms with E-state index in [0.29, 0.717) is 57.8 Å². The van der Waals surface area contributed by atoms with Crippen LogP contribution < -0.4 is 0 Å². The maximum absolute atomic E-state index is 14.0. The Morgan fingerprint density at radius 2 is 1.80 bits per heavy atom. The average molecular weight is 463 g/mol. The van der Waals surface area contributed by atoms with Crippen molar-refractivity contribution in [3.05, 3.63) is 75.0 Å². The van der Waals surface area contributed by atoms with Crippen LogP contribution in [0.1, 0.15) is 33.7 Å². The molecule has 8 heteroatoms. The van der Waals surface area contributed by atoms with Gasteiger partial charge >= 0.3 is 0 Å². The molecular formula is C22H17Cl2FN2O2S. The third kappa shape index (κ3) is 4.26. The molecule has 0 radical (unpaired) electrons. The minimum Gasteiger partial charge on any atom is -0.337 e. The molecule has 0 spiro atoms. The van der Waals surface area contributed by atoms with Crippen LogP contribution in [-0.4, -0.2) is 34.7 Å². The summed E-state index contributed by atoms with van der Waals surface area (Å²) < 4.78 is 14.0. The number of piperidine rings is 1. The molecule has 1 fully saturated rings. The molecule has 1 saturated heterocycles. The zero-order valence-electron chi connectivity index (χ0n) is 15.8. The van der Waals surface area contributed by atoms with Gasteiger partial charge in [-0.3, -0.25) is 9.59 Å². The van der Waals surface area contributed by atoms with Crippen LogP contribution in [0.2, 0.25) is 10.0 Å². The fourth-order valence-electron chi connectivity index (χ4n) is 3.52. The van der Waals surface area contributed by atoms with Crippen LogP contribution >= 0.6 is 34.5 Å². The molecule has 1 amide bonds. The van der Waals surface area contributed by atoms with Crippen LogP contribution in [-0.2, 0) is 0 Å². The van der Waals surface area contributed by atoms with Crippen LogP contribution in [0.25, 0.3) is 10.6 Å². The fraction of sp³-hybridized carbons (Fsp3) is 0.227. The monoisotopic (exact) mass is 462 g/mol. The predicted molar refractivity (Wildman–Crippen MR) is 117 cm³/mol. The van der Waals surface area contributed by atoms with E-state index < -0.39 is 0 Å². The Morgan fingerprint density at radius 1 is 1.07 bits per heavy atom. The lowest BCUT2D eigenvalue weighted by molar-refractivity contribution is 0.0646. The van der Waals surface area contributed by atoms with E-state index in [1.165, 1.54) is 17.4 Å². The Morgan fingerprint density at radius 3 is 2.50 bits per heavy atom. The smallest absolute Gasteiger partial charge is 0.273 e. The van der Waals surface area contributed by atoms with Crippen molar-refractivity contribution in [3.63, 3.8) is 0 Å². The van der Waals surface area contributed by atoms with Crippen LogP contribution in [0, 0.1) is 11.7 Å². The minimum absolute atomic E-state index is 0.0103. The number of halogens is 3. The standard InChI is InChI=1S/C22H17Cl2FN2O2S/c23-16-6-5-14(11-17(16)24)20(28)13-7-9-27(10-8-13)22(29)19-12-30-21(26-19)15-3-1-2-4-18(15)25/h1-6,11-13H,7-10H2. The number of ketones is 1. The Balaban J connectivity index is 1.40. The normalized spacial score (nSPS) is 14.7. The maximum Gasteiger partial charge on any atom is 0.273 e. The summed E-state index contributed by atoms with van der Waals surface area (Å²) in [6.45, 7) is 0.923. The van der Waals surface area contributed by atoms with Crippen molar-refractivity contribution >= 4 is 46.2 Å². The van der Waals surface area contributed by atoms with E-state index >= 15 is 0 Å². The van der Waals surface area contributed by atoms with Crippen molar-refractivity contribution in [1.82, 2.24) is 9.88 Å². The Hall–Kier alpha value is -2.28. The second kappa shape index (κ2) is 8.84. The Bertz CT molecular complexity index is 1110. The van der Waals surface area contributed by atoms with Gasteiger partial charge in [-0.15, -0.1) is 11.3 Å². The molecule has 1 aliphatic heterocycles. The average Bonchev–Trinajstić information content (AvgIpc) is 3.25. The predicted octanol–water partition coefficient (Wildman–Crippen LogP) is 5.99. The van der Waals surface area contributed by atoms with Gasteiger partial charge in [-0.25, -0.2) is 9.37 Å². The van der Waals surface area contributed by atoms with Gasteiger partial charge in [0.05, 0.1) is 10.0 Å². The summed E-state index contributed by atoms with van der Waals surface area (Å²) in [5.41, 5.74) is 1.21. The number of benzene rings is 2. The summed E-state index contributed by atoms with van der Waals surface area (Å²) >= 11 is 13.2. The van der Waals surface area contributed by atoms with Crippen molar-refractivity contribution in [1.29, 1.82) is 0 Å². The maximum atomic E-state index is 14.0. The number of nitrogens with zero attached hydrogens (tertiary/aromatic N) is 2. The van der Waals surface area contributed by atoms with Crippen LogP contribution in [0.4, 0.5) is 4.39 Å². The number of thiazole rings is 1. The molecule has 2 heterocycles. The molecule has 154 valence electrons. The van der Waals surface area contributed by atoms with Crippen LogP contribution in [0.5, 0.6) is 0 Å². The van der Waals surface area contributed by atoms with Gasteiger partial charge in [-0.2, -0.15) is 0 Å². The van der Waals surface area contributed by atoms with E-state index in [9.17, 15) is 14.0 Å². The fourth-order valence-corrected chi connectivity index (χ4v) is 4.64. The lowest BCUT2D eigenvalue weighted by atomic mass is 9.89. The van der Waals surface area contributed by atoms with E-state index in [0.717, 1.165) is 0 Å². The number of hydrogen-bond donors (Lipinski definition) is 0. The number of likely N-dealkylation sites (tertiary alicyclic amines) is 1. The highest BCUT2D eigenvalue weighted by Crippen LogP contribution is 2.29. The number of hydrogen-bond acceptors (Lipinski definition) is 4. The lowest BCUT2D eigenvalue weighted by Gasteiger charge is -2.31. The highest BCUT2D eigenvalue weighted by atomic mass is 35.5. The molecule has 0 unspecified atom stereocenters. The largest absolute Gasteiger partial charge is 0.337 e. The molecule has 30 heavy (non-hydrogen) atoms. The highest BCUT2D eigenvalue weighted by Gasteiger charge is 2.29. The highest BCUT2D eigenvalue weighted by molar-refractivity contribution is 7.13. The Kier molecular flexibility index (Phi) is 6.18. The summed E-state index contributed by atoms with van der Waals surface area (Å²) in [6.07, 6.45) is 1.13. The second-order valence-corrected chi connectivity index (χ2v) is 8.75. The molecule has 3 aromatic rings. The first kappa shape index (κ1) is 21.0. The van der Waals surface area contributed by atoms with Crippen molar-refractivity contribution < 1.29 is 14.0 Å². The molecule has 2 aromatic carbocycles. The van der Waals surface area contributed by atoms with Crippen molar-refractivity contribution in [2.24, 2.45) is 5.92 Å². The van der Waals surface area contributed by atoms with Gasteiger partial charge in [0.25, 0.3) is 5.91 Å². The molecule has 1 aliphatic rings. The van der Waals surface area contributed by atoms with Gasteiger partial charge in [0.15, 0.2) is 5.78 Å². The number of rotatable bonds is 4. The Labute approximate surface area is 187 Å². The molecule has 4 nitrogen and oxygen atoms in total. The van der Waals surface area contributed by atoms with E-state index in [1.807, 2.05) is 0 Å². The SMILES string of the molecule is O=C(c1ccc(Cl)c(Cl)c1)C1CCN(C(=O)c2csc(-c3ccccc3F)n2)CC1. The number of carbonyl (C=O) groups excluding carboxylic acids is 2. The van der Waals surface area contributed by atoms with Crippen LogP contribution in [0.3, 0.4) is 0 Å². The molecule has 4 rings (SSSR count). The molecule has 0 bridgehead atoms. The first-order chi connectivity index (χ1) is 14.4. The zero-order chi connectivity index (χ0) is 21.3. The van der Waals surface area contributed by atoms with Gasteiger partial charge in [-0.05, 0) is 43.2 Å². The van der Waals surface area contributed by atoms with Crippen LogP contribution in [0.15, 0.2) is 47.8 Å². The molecule has 0 atom stereocenters. The van der Waals surface area contributed by atoms with E-state index in [4.69, 9.17) is 23.2 Å². The number of Topliss-reactive ketones (excluding diaryl/α,β-unsaturated/α-hetero) is 1. The lowest BCUT2D eigenvalue weighted by Crippen LogP contribution is -2.40. The van der Waals surface area contributed by atoms with Gasteiger partial charge < -0.3 is 4.90 Å².